The van der Waals surface area contributed by atoms with Gasteiger partial charge in [-0.25, -0.2) is 10.4 Å². The molecule has 84 valence electrons. The van der Waals surface area contributed by atoms with E-state index < -0.39 is 0 Å². The lowest BCUT2D eigenvalue weighted by Gasteiger charge is -2.31. The van der Waals surface area contributed by atoms with Gasteiger partial charge < -0.3 is 4.98 Å². The summed E-state index contributed by atoms with van der Waals surface area (Å²) in [6.07, 6.45) is 8.80. The molecular formula is C11H20N4. The fourth-order valence-corrected chi connectivity index (χ4v) is 2.67. The molecule has 1 saturated carbocycles. The highest BCUT2D eigenvalue weighted by Gasteiger charge is 2.28. The van der Waals surface area contributed by atoms with Gasteiger partial charge in [-0.2, -0.15) is 0 Å². The maximum atomic E-state index is 5.63. The molecule has 0 amide bonds. The van der Waals surface area contributed by atoms with E-state index in [0.717, 1.165) is 11.7 Å². The predicted octanol–water partition coefficient (Wildman–Crippen LogP) is 1.74. The van der Waals surface area contributed by atoms with Crippen molar-refractivity contribution in [1.82, 2.24) is 15.4 Å². The molecule has 4 nitrogen and oxygen atoms in total. The molecule has 0 bridgehead atoms. The van der Waals surface area contributed by atoms with Crippen LogP contribution in [0.4, 0.5) is 0 Å². The van der Waals surface area contributed by atoms with Crippen LogP contribution in [-0.4, -0.2) is 9.97 Å². The number of hydrazine groups is 1. The van der Waals surface area contributed by atoms with E-state index in [2.05, 4.69) is 22.3 Å². The summed E-state index contributed by atoms with van der Waals surface area (Å²) in [7, 11) is 0. The number of hydrogen-bond donors (Lipinski definition) is 3. The number of aromatic amines is 1. The molecule has 4 N–H and O–H groups in total. The molecule has 1 aromatic rings. The molecule has 0 radical (unpaired) electrons. The van der Waals surface area contributed by atoms with Crippen molar-refractivity contribution in [3.05, 3.63) is 18.2 Å². The average Bonchev–Trinajstić information content (AvgIpc) is 2.72. The summed E-state index contributed by atoms with van der Waals surface area (Å²) in [6.45, 7) is 2.32. The quantitative estimate of drug-likeness (QED) is 0.523. The van der Waals surface area contributed by atoms with E-state index in [9.17, 15) is 0 Å². The summed E-state index contributed by atoms with van der Waals surface area (Å²) in [6, 6.07) is 0.183. The van der Waals surface area contributed by atoms with Crippen LogP contribution >= 0.6 is 0 Å². The van der Waals surface area contributed by atoms with Crippen molar-refractivity contribution in [1.29, 1.82) is 0 Å². The van der Waals surface area contributed by atoms with Crippen molar-refractivity contribution in [2.24, 2.45) is 17.7 Å². The molecule has 0 spiro atoms. The maximum absolute atomic E-state index is 5.63. The van der Waals surface area contributed by atoms with Gasteiger partial charge in [-0.15, -0.1) is 0 Å². The first-order valence-corrected chi connectivity index (χ1v) is 5.76. The molecule has 4 heteroatoms. The van der Waals surface area contributed by atoms with Crippen molar-refractivity contribution in [3.8, 4) is 0 Å². The topological polar surface area (TPSA) is 66.7 Å². The Kier molecular flexibility index (Phi) is 3.38. The molecule has 1 aliphatic rings. The average molecular weight is 208 g/mol. The van der Waals surface area contributed by atoms with Crippen molar-refractivity contribution < 1.29 is 0 Å². The lowest BCUT2D eigenvalue weighted by Crippen LogP contribution is -2.36. The van der Waals surface area contributed by atoms with E-state index in [-0.39, 0.29) is 6.04 Å². The minimum atomic E-state index is 0.183. The van der Waals surface area contributed by atoms with E-state index in [4.69, 9.17) is 5.84 Å². The molecule has 0 aliphatic heterocycles. The van der Waals surface area contributed by atoms with Crippen LogP contribution in [0.25, 0.3) is 0 Å². The van der Waals surface area contributed by atoms with Crippen LogP contribution in [0.3, 0.4) is 0 Å². The van der Waals surface area contributed by atoms with Crippen LogP contribution < -0.4 is 11.3 Å². The van der Waals surface area contributed by atoms with Crippen LogP contribution in [-0.2, 0) is 0 Å². The zero-order valence-corrected chi connectivity index (χ0v) is 9.24. The van der Waals surface area contributed by atoms with Crippen molar-refractivity contribution >= 4 is 0 Å². The van der Waals surface area contributed by atoms with Gasteiger partial charge >= 0.3 is 0 Å². The number of rotatable bonds is 3. The summed E-state index contributed by atoms with van der Waals surface area (Å²) in [5.74, 6) is 8.03. The summed E-state index contributed by atoms with van der Waals surface area (Å²) >= 11 is 0. The zero-order valence-electron chi connectivity index (χ0n) is 9.24. The molecule has 1 aromatic heterocycles. The molecule has 2 rings (SSSR count). The molecule has 3 atom stereocenters. The predicted molar refractivity (Wildman–Crippen MR) is 59.8 cm³/mol. The van der Waals surface area contributed by atoms with E-state index >= 15 is 0 Å². The SMILES string of the molecule is CC1CCCC(C(NN)c2ncc[nH]2)C1. The van der Waals surface area contributed by atoms with Gasteiger partial charge in [-0.05, 0) is 24.7 Å². The second kappa shape index (κ2) is 4.77. The lowest BCUT2D eigenvalue weighted by molar-refractivity contribution is 0.219. The number of H-pyrrole nitrogens is 1. The van der Waals surface area contributed by atoms with E-state index in [1.165, 1.54) is 25.7 Å². The first-order chi connectivity index (χ1) is 7.31. The highest BCUT2D eigenvalue weighted by molar-refractivity contribution is 4.98. The Labute approximate surface area is 90.6 Å². The van der Waals surface area contributed by atoms with Gasteiger partial charge in [0, 0.05) is 12.4 Å². The lowest BCUT2D eigenvalue weighted by atomic mass is 9.78. The standard InChI is InChI=1S/C11H20N4/c1-8-3-2-4-9(7-8)10(15-12)11-13-5-6-14-11/h5-6,8-10,15H,2-4,7,12H2,1H3,(H,13,14). The first kappa shape index (κ1) is 10.6. The molecule has 0 aromatic carbocycles. The van der Waals surface area contributed by atoms with E-state index in [1.54, 1.807) is 6.20 Å². The van der Waals surface area contributed by atoms with Crippen LogP contribution in [0.5, 0.6) is 0 Å². The Hall–Kier alpha value is -0.870. The summed E-state index contributed by atoms with van der Waals surface area (Å²) in [5, 5.41) is 0. The summed E-state index contributed by atoms with van der Waals surface area (Å²) < 4.78 is 0. The Morgan fingerprint density at radius 3 is 3.07 bits per heavy atom. The number of nitrogens with two attached hydrogens (primary N) is 1. The molecule has 1 aliphatic carbocycles. The third kappa shape index (κ3) is 2.38. The fourth-order valence-electron chi connectivity index (χ4n) is 2.67. The number of aromatic nitrogens is 2. The molecule has 3 unspecified atom stereocenters. The Morgan fingerprint density at radius 2 is 2.47 bits per heavy atom. The van der Waals surface area contributed by atoms with Gasteiger partial charge in [0.1, 0.15) is 5.82 Å². The van der Waals surface area contributed by atoms with Gasteiger partial charge in [-0.3, -0.25) is 5.84 Å². The number of hydrogen-bond acceptors (Lipinski definition) is 3. The van der Waals surface area contributed by atoms with Gasteiger partial charge in [0.25, 0.3) is 0 Å². The molecule has 1 heterocycles. The normalized spacial score (nSPS) is 28.9. The second-order valence-electron chi connectivity index (χ2n) is 4.65. The van der Waals surface area contributed by atoms with Gasteiger partial charge in [0.05, 0.1) is 6.04 Å². The number of nitrogens with zero attached hydrogens (tertiary/aromatic N) is 1. The van der Waals surface area contributed by atoms with E-state index in [0.29, 0.717) is 5.92 Å². The van der Waals surface area contributed by atoms with Gasteiger partial charge in [0.15, 0.2) is 0 Å². The van der Waals surface area contributed by atoms with Crippen LogP contribution in [0, 0.1) is 11.8 Å². The number of imidazole rings is 1. The third-order valence-corrected chi connectivity index (χ3v) is 3.44. The Bertz CT molecular complexity index is 283. The van der Waals surface area contributed by atoms with Crippen LogP contribution in [0.1, 0.15) is 44.5 Å². The van der Waals surface area contributed by atoms with Crippen LogP contribution in [0.2, 0.25) is 0 Å². The largest absolute Gasteiger partial charge is 0.347 e. The Morgan fingerprint density at radius 1 is 1.60 bits per heavy atom. The highest BCUT2D eigenvalue weighted by atomic mass is 15.3. The number of nitrogens with one attached hydrogen (secondary N) is 2. The monoisotopic (exact) mass is 208 g/mol. The highest BCUT2D eigenvalue weighted by Crippen LogP contribution is 2.35. The van der Waals surface area contributed by atoms with Crippen molar-refractivity contribution in [2.45, 2.75) is 38.6 Å². The van der Waals surface area contributed by atoms with Gasteiger partial charge in [-0.1, -0.05) is 19.8 Å². The molecular weight excluding hydrogens is 188 g/mol. The Balaban J connectivity index is 2.06. The van der Waals surface area contributed by atoms with Crippen molar-refractivity contribution in [2.75, 3.05) is 0 Å². The van der Waals surface area contributed by atoms with E-state index in [1.807, 2.05) is 6.20 Å². The minimum Gasteiger partial charge on any atom is -0.347 e. The minimum absolute atomic E-state index is 0.183. The summed E-state index contributed by atoms with van der Waals surface area (Å²) in [5.41, 5.74) is 2.90. The molecule has 1 fully saturated rings. The fraction of sp³-hybridized carbons (Fsp3) is 0.727. The molecule has 0 saturated heterocycles. The molecule has 15 heavy (non-hydrogen) atoms. The van der Waals surface area contributed by atoms with Gasteiger partial charge in [0.2, 0.25) is 0 Å². The van der Waals surface area contributed by atoms with Crippen molar-refractivity contribution in [3.63, 3.8) is 0 Å². The maximum Gasteiger partial charge on any atom is 0.124 e. The van der Waals surface area contributed by atoms with Crippen LogP contribution in [0.15, 0.2) is 12.4 Å². The first-order valence-electron chi connectivity index (χ1n) is 5.76. The summed E-state index contributed by atoms with van der Waals surface area (Å²) in [4.78, 5) is 7.44. The third-order valence-electron chi connectivity index (χ3n) is 3.44. The zero-order chi connectivity index (χ0) is 10.7. The smallest absolute Gasteiger partial charge is 0.124 e. The second-order valence-corrected chi connectivity index (χ2v) is 4.65.